The molecular formula is C48H32N4. The molecule has 0 radical (unpaired) electrons. The number of fused-ring (bicyclic) bond motifs is 6. The molecule has 0 saturated heterocycles. The second-order valence-corrected chi connectivity index (χ2v) is 13.1. The van der Waals surface area contributed by atoms with Crippen LogP contribution in [0.1, 0.15) is 0 Å². The van der Waals surface area contributed by atoms with Gasteiger partial charge in [0, 0.05) is 50.0 Å². The van der Waals surface area contributed by atoms with E-state index in [1.54, 1.807) is 0 Å². The maximum absolute atomic E-state index is 5.21. The summed E-state index contributed by atoms with van der Waals surface area (Å²) in [5.41, 5.74) is 10.5. The van der Waals surface area contributed by atoms with Crippen LogP contribution in [0.2, 0.25) is 0 Å². The number of nitrogens with zero attached hydrogens (tertiary/aromatic N) is 4. The molecule has 0 aliphatic carbocycles. The molecule has 4 nitrogen and oxygen atoms in total. The predicted octanol–water partition coefficient (Wildman–Crippen LogP) is 12.7. The number of aromatic nitrogens is 3. The second kappa shape index (κ2) is 12.4. The minimum absolute atomic E-state index is 0.717. The Bertz CT molecular complexity index is 2840. The number of para-hydroxylation sites is 2. The summed E-state index contributed by atoms with van der Waals surface area (Å²) in [6.45, 7) is 0. The molecule has 4 heteroatoms. The van der Waals surface area contributed by atoms with Crippen molar-refractivity contribution < 1.29 is 0 Å². The molecular weight excluding hydrogens is 633 g/mol. The first kappa shape index (κ1) is 29.8. The van der Waals surface area contributed by atoms with Crippen molar-refractivity contribution >= 4 is 60.5 Å². The maximum Gasteiger partial charge on any atom is 0.160 e. The maximum atomic E-state index is 5.21. The largest absolute Gasteiger partial charge is 0.310 e. The first-order valence-corrected chi connectivity index (χ1v) is 17.6. The molecule has 10 aromatic rings. The monoisotopic (exact) mass is 664 g/mol. The van der Waals surface area contributed by atoms with Gasteiger partial charge >= 0.3 is 0 Å². The van der Waals surface area contributed by atoms with Gasteiger partial charge in [-0.2, -0.15) is 0 Å². The van der Waals surface area contributed by atoms with Gasteiger partial charge in [-0.1, -0.05) is 133 Å². The molecule has 2 aromatic heterocycles. The first-order valence-electron chi connectivity index (χ1n) is 17.6. The van der Waals surface area contributed by atoms with Gasteiger partial charge in [0.05, 0.1) is 22.2 Å². The minimum atomic E-state index is 0.717. The Balaban J connectivity index is 1.26. The normalized spacial score (nSPS) is 11.5. The summed E-state index contributed by atoms with van der Waals surface area (Å²) in [6.07, 6.45) is 0. The summed E-state index contributed by atoms with van der Waals surface area (Å²) in [5.74, 6) is 0.717. The molecule has 0 atom stereocenters. The lowest BCUT2D eigenvalue weighted by Gasteiger charge is -2.25. The molecule has 8 aromatic carbocycles. The van der Waals surface area contributed by atoms with Gasteiger partial charge in [0.2, 0.25) is 0 Å². The van der Waals surface area contributed by atoms with E-state index in [-0.39, 0.29) is 0 Å². The molecule has 0 saturated carbocycles. The molecule has 0 aliphatic heterocycles. The van der Waals surface area contributed by atoms with Crippen molar-refractivity contribution in [1.82, 2.24) is 14.5 Å². The quantitative estimate of drug-likeness (QED) is 0.177. The number of benzene rings is 8. The zero-order chi connectivity index (χ0) is 34.4. The Morgan fingerprint density at radius 2 is 1.04 bits per heavy atom. The van der Waals surface area contributed by atoms with E-state index in [9.17, 15) is 0 Å². The van der Waals surface area contributed by atoms with Crippen LogP contribution in [0.15, 0.2) is 194 Å². The van der Waals surface area contributed by atoms with Crippen molar-refractivity contribution in [3.63, 3.8) is 0 Å². The third-order valence-corrected chi connectivity index (χ3v) is 9.94. The zero-order valence-electron chi connectivity index (χ0n) is 28.3. The van der Waals surface area contributed by atoms with E-state index < -0.39 is 0 Å². The summed E-state index contributed by atoms with van der Waals surface area (Å²) in [5, 5.41) is 5.91. The van der Waals surface area contributed by atoms with Gasteiger partial charge in [-0.3, -0.25) is 0 Å². The summed E-state index contributed by atoms with van der Waals surface area (Å²) >= 11 is 0. The minimum Gasteiger partial charge on any atom is -0.310 e. The number of anilines is 3. The zero-order valence-corrected chi connectivity index (χ0v) is 28.3. The summed E-state index contributed by atoms with van der Waals surface area (Å²) in [7, 11) is 0. The fraction of sp³-hybridized carbons (Fsp3) is 0. The Morgan fingerprint density at radius 1 is 0.404 bits per heavy atom. The molecule has 0 fully saturated rings. The molecule has 244 valence electrons. The number of hydrogen-bond donors (Lipinski definition) is 0. The lowest BCUT2D eigenvalue weighted by Crippen LogP contribution is -2.09. The van der Waals surface area contributed by atoms with Crippen molar-refractivity contribution in [2.24, 2.45) is 0 Å². The van der Waals surface area contributed by atoms with Crippen LogP contribution in [-0.4, -0.2) is 14.5 Å². The van der Waals surface area contributed by atoms with Crippen LogP contribution < -0.4 is 4.90 Å². The van der Waals surface area contributed by atoms with Crippen molar-refractivity contribution in [3.05, 3.63) is 194 Å². The van der Waals surface area contributed by atoms with Gasteiger partial charge in [0.15, 0.2) is 5.82 Å². The smallest absolute Gasteiger partial charge is 0.160 e. The molecule has 0 spiro atoms. The van der Waals surface area contributed by atoms with Crippen LogP contribution in [0.3, 0.4) is 0 Å². The van der Waals surface area contributed by atoms with Gasteiger partial charge in [-0.25, -0.2) is 9.97 Å². The molecule has 10 rings (SSSR count). The molecule has 0 amide bonds. The molecule has 52 heavy (non-hydrogen) atoms. The lowest BCUT2D eigenvalue weighted by molar-refractivity contribution is 1.17. The van der Waals surface area contributed by atoms with Crippen LogP contribution in [0, 0.1) is 0 Å². The highest BCUT2D eigenvalue weighted by molar-refractivity contribution is 6.22. The molecule has 0 bridgehead atoms. The molecule has 0 aliphatic rings. The fourth-order valence-corrected chi connectivity index (χ4v) is 7.58. The van der Waals surface area contributed by atoms with E-state index in [0.29, 0.717) is 0 Å². The van der Waals surface area contributed by atoms with Gasteiger partial charge in [0.1, 0.15) is 0 Å². The fourth-order valence-electron chi connectivity index (χ4n) is 7.58. The van der Waals surface area contributed by atoms with E-state index in [1.165, 1.54) is 21.5 Å². The van der Waals surface area contributed by atoms with E-state index >= 15 is 0 Å². The summed E-state index contributed by atoms with van der Waals surface area (Å²) in [6, 6.07) is 68.5. The SMILES string of the molecule is c1ccc(-c2nc(-c3ccccc3)c3cc(-n4c5cc(N(c6ccccc6)c6ccccc6)ccc5c5c6ccccc6ccc54)ccc3n2)cc1. The van der Waals surface area contributed by atoms with Gasteiger partial charge in [-0.15, -0.1) is 0 Å². The van der Waals surface area contributed by atoms with Crippen LogP contribution in [0.5, 0.6) is 0 Å². The number of rotatable bonds is 6. The Hall–Kier alpha value is -7.04. The van der Waals surface area contributed by atoms with Crippen molar-refractivity contribution in [2.75, 3.05) is 4.90 Å². The summed E-state index contributed by atoms with van der Waals surface area (Å²) in [4.78, 5) is 12.6. The van der Waals surface area contributed by atoms with Crippen LogP contribution in [0.25, 0.3) is 71.8 Å². The van der Waals surface area contributed by atoms with Crippen LogP contribution >= 0.6 is 0 Å². The standard InChI is InChI=1S/C48H32N4/c1-5-16-34(17-6-1)47-42-31-38(27-29-43(42)49-48(50-47)35-18-7-2-8-19-35)52-44-30-25-33-15-13-14-24-40(33)46(44)41-28-26-39(32-45(41)52)51(36-20-9-3-10-21-36)37-22-11-4-12-23-37/h1-32H. The third kappa shape index (κ3) is 5.00. The van der Waals surface area contributed by atoms with Crippen molar-refractivity contribution in [2.45, 2.75) is 0 Å². The van der Waals surface area contributed by atoms with E-state index in [4.69, 9.17) is 9.97 Å². The molecule has 0 unspecified atom stereocenters. The van der Waals surface area contributed by atoms with Crippen LogP contribution in [0.4, 0.5) is 17.1 Å². The second-order valence-electron chi connectivity index (χ2n) is 13.1. The molecule has 0 N–H and O–H groups in total. The van der Waals surface area contributed by atoms with E-state index in [0.717, 1.165) is 67.3 Å². The highest BCUT2D eigenvalue weighted by atomic mass is 15.1. The Kier molecular flexibility index (Phi) is 7.10. The van der Waals surface area contributed by atoms with Gasteiger partial charge in [-0.05, 0) is 71.4 Å². The van der Waals surface area contributed by atoms with E-state index in [2.05, 4.69) is 179 Å². The van der Waals surface area contributed by atoms with Gasteiger partial charge < -0.3 is 9.47 Å². The Labute approximate surface area is 301 Å². The van der Waals surface area contributed by atoms with Gasteiger partial charge in [0.25, 0.3) is 0 Å². The highest BCUT2D eigenvalue weighted by Crippen LogP contribution is 2.42. The average Bonchev–Trinajstić information content (AvgIpc) is 3.56. The first-order chi connectivity index (χ1) is 25.8. The van der Waals surface area contributed by atoms with Crippen LogP contribution in [-0.2, 0) is 0 Å². The average molecular weight is 665 g/mol. The van der Waals surface area contributed by atoms with Crippen molar-refractivity contribution in [3.8, 4) is 28.3 Å². The Morgan fingerprint density at radius 3 is 1.75 bits per heavy atom. The predicted molar refractivity (Wildman–Crippen MR) is 217 cm³/mol. The van der Waals surface area contributed by atoms with Crippen molar-refractivity contribution in [1.29, 1.82) is 0 Å². The third-order valence-electron chi connectivity index (χ3n) is 9.94. The highest BCUT2D eigenvalue weighted by Gasteiger charge is 2.20. The summed E-state index contributed by atoms with van der Waals surface area (Å²) < 4.78 is 2.41. The number of hydrogen-bond acceptors (Lipinski definition) is 3. The molecule has 2 heterocycles. The lowest BCUT2D eigenvalue weighted by atomic mass is 10.0. The topological polar surface area (TPSA) is 34.0 Å². The van der Waals surface area contributed by atoms with E-state index in [1.807, 2.05) is 24.3 Å².